The van der Waals surface area contributed by atoms with Crippen molar-refractivity contribution >= 4 is 0 Å². The van der Waals surface area contributed by atoms with Gasteiger partial charge in [0.05, 0.1) is 6.10 Å². The predicted octanol–water partition coefficient (Wildman–Crippen LogP) is 2.54. The summed E-state index contributed by atoms with van der Waals surface area (Å²) in [4.78, 5) is 4.46. The van der Waals surface area contributed by atoms with E-state index in [1.807, 2.05) is 12.4 Å². The second kappa shape index (κ2) is 7.79. The Bertz CT molecular complexity index is 385. The molecule has 4 heteroatoms. The van der Waals surface area contributed by atoms with Crippen LogP contribution in [0.15, 0.2) is 12.4 Å². The molecule has 0 amide bonds. The molecule has 4 nitrogen and oxygen atoms in total. The third kappa shape index (κ3) is 4.32. The van der Waals surface area contributed by atoms with Gasteiger partial charge < -0.3 is 14.6 Å². The molecule has 1 aromatic rings. The lowest BCUT2D eigenvalue weighted by Crippen LogP contribution is -2.39. The summed E-state index contributed by atoms with van der Waals surface area (Å²) in [6.07, 6.45) is 10.4. The lowest BCUT2D eigenvalue weighted by atomic mass is 9.77. The van der Waals surface area contributed by atoms with Crippen LogP contribution in [0.2, 0.25) is 0 Å². The predicted molar refractivity (Wildman–Crippen MR) is 81.7 cm³/mol. The van der Waals surface area contributed by atoms with Crippen molar-refractivity contribution < 1.29 is 4.74 Å². The highest BCUT2D eigenvalue weighted by molar-refractivity contribution is 4.96. The second-order valence-corrected chi connectivity index (χ2v) is 5.96. The fourth-order valence-corrected chi connectivity index (χ4v) is 3.04. The molecule has 0 aliphatic heterocycles. The summed E-state index contributed by atoms with van der Waals surface area (Å²) >= 11 is 0. The normalized spacial score (nSPS) is 23.6. The summed E-state index contributed by atoms with van der Waals surface area (Å²) in [6.45, 7) is 6.25. The summed E-state index contributed by atoms with van der Waals surface area (Å²) in [5, 5.41) is 3.69. The average Bonchev–Trinajstić information content (AvgIpc) is 2.79. The number of hydrogen-bond donors (Lipinski definition) is 1. The van der Waals surface area contributed by atoms with Crippen LogP contribution < -0.4 is 5.32 Å². The van der Waals surface area contributed by atoms with Gasteiger partial charge in [-0.15, -0.1) is 0 Å². The number of rotatable bonds is 9. The maximum Gasteiger partial charge on any atom is 0.109 e. The van der Waals surface area contributed by atoms with Gasteiger partial charge in [-0.1, -0.05) is 6.92 Å². The fraction of sp³-hybridized carbons (Fsp3) is 0.812. The molecule has 1 N–H and O–H groups in total. The zero-order valence-electron chi connectivity index (χ0n) is 13.1. The molecule has 20 heavy (non-hydrogen) atoms. The van der Waals surface area contributed by atoms with Gasteiger partial charge in [0.15, 0.2) is 0 Å². The number of hydrogen-bond acceptors (Lipinski definition) is 3. The van der Waals surface area contributed by atoms with Gasteiger partial charge in [0, 0.05) is 38.5 Å². The minimum Gasteiger partial charge on any atom is -0.378 e. The van der Waals surface area contributed by atoms with Gasteiger partial charge in [0.25, 0.3) is 0 Å². The molecule has 1 saturated carbocycles. The van der Waals surface area contributed by atoms with E-state index in [0.717, 1.165) is 25.5 Å². The Morgan fingerprint density at radius 3 is 2.85 bits per heavy atom. The van der Waals surface area contributed by atoms with E-state index in [1.165, 1.54) is 31.5 Å². The molecular weight excluding hydrogens is 250 g/mol. The smallest absolute Gasteiger partial charge is 0.109 e. The molecule has 1 heterocycles. The Morgan fingerprint density at radius 2 is 2.25 bits per heavy atom. The van der Waals surface area contributed by atoms with Crippen molar-refractivity contribution in [3.8, 4) is 0 Å². The lowest BCUT2D eigenvalue weighted by Gasteiger charge is -2.37. The Morgan fingerprint density at radius 1 is 1.45 bits per heavy atom. The average molecular weight is 279 g/mol. The summed E-state index contributed by atoms with van der Waals surface area (Å²) in [5.41, 5.74) is 0. The van der Waals surface area contributed by atoms with E-state index in [4.69, 9.17) is 4.74 Å². The maximum absolute atomic E-state index is 5.66. The van der Waals surface area contributed by atoms with Crippen molar-refractivity contribution in [2.24, 2.45) is 13.0 Å². The highest BCUT2D eigenvalue weighted by Gasteiger charge is 2.31. The van der Waals surface area contributed by atoms with Gasteiger partial charge >= 0.3 is 0 Å². The molecule has 0 aromatic carbocycles. The van der Waals surface area contributed by atoms with Gasteiger partial charge in [-0.25, -0.2) is 4.98 Å². The second-order valence-electron chi connectivity index (χ2n) is 5.96. The number of nitrogens with zero attached hydrogens (tertiary/aromatic N) is 2. The van der Waals surface area contributed by atoms with Crippen LogP contribution in [-0.2, 0) is 18.2 Å². The SMILES string of the molecule is CCCNC(Cc1nccn1C)CC1CC(OCC)C1. The van der Waals surface area contributed by atoms with E-state index >= 15 is 0 Å². The summed E-state index contributed by atoms with van der Waals surface area (Å²) in [6, 6.07) is 0.545. The highest BCUT2D eigenvalue weighted by Crippen LogP contribution is 2.34. The summed E-state index contributed by atoms with van der Waals surface area (Å²) < 4.78 is 7.79. The molecule has 0 spiro atoms. The Balaban J connectivity index is 1.80. The van der Waals surface area contributed by atoms with Crippen molar-refractivity contribution in [3.63, 3.8) is 0 Å². The van der Waals surface area contributed by atoms with Gasteiger partial charge in [-0.2, -0.15) is 0 Å². The van der Waals surface area contributed by atoms with Gasteiger partial charge in [0.1, 0.15) is 5.82 Å². The van der Waals surface area contributed by atoms with E-state index in [2.05, 4.69) is 35.8 Å². The van der Waals surface area contributed by atoms with E-state index in [0.29, 0.717) is 12.1 Å². The first kappa shape index (κ1) is 15.5. The largest absolute Gasteiger partial charge is 0.378 e. The van der Waals surface area contributed by atoms with Crippen molar-refractivity contribution in [2.75, 3.05) is 13.2 Å². The zero-order valence-corrected chi connectivity index (χ0v) is 13.1. The molecule has 1 fully saturated rings. The van der Waals surface area contributed by atoms with Gasteiger partial charge in [-0.05, 0) is 45.1 Å². The standard InChI is InChI=1S/C16H29N3O/c1-4-6-17-14(12-16-18-7-8-19(16)3)9-13-10-15(11-13)20-5-2/h7-8,13-15,17H,4-6,9-12H2,1-3H3. The van der Waals surface area contributed by atoms with Crippen LogP contribution >= 0.6 is 0 Å². The van der Waals surface area contributed by atoms with Crippen LogP contribution in [0, 0.1) is 5.92 Å². The van der Waals surface area contributed by atoms with Crippen molar-refractivity contribution in [2.45, 2.75) is 58.1 Å². The molecular formula is C16H29N3O. The Labute approximate surface area is 122 Å². The summed E-state index contributed by atoms with van der Waals surface area (Å²) in [7, 11) is 2.08. The monoisotopic (exact) mass is 279 g/mol. The van der Waals surface area contributed by atoms with Crippen LogP contribution in [0.5, 0.6) is 0 Å². The van der Waals surface area contributed by atoms with Crippen LogP contribution in [0.25, 0.3) is 0 Å². The highest BCUT2D eigenvalue weighted by atomic mass is 16.5. The Kier molecular flexibility index (Phi) is 6.05. The molecule has 1 aromatic heterocycles. The minimum atomic E-state index is 0.519. The first-order chi connectivity index (χ1) is 9.72. The lowest BCUT2D eigenvalue weighted by molar-refractivity contribution is -0.0290. The van der Waals surface area contributed by atoms with Gasteiger partial charge in [0.2, 0.25) is 0 Å². The molecule has 1 unspecified atom stereocenters. The quantitative estimate of drug-likeness (QED) is 0.755. The first-order valence-electron chi connectivity index (χ1n) is 8.04. The van der Waals surface area contributed by atoms with Gasteiger partial charge in [-0.3, -0.25) is 0 Å². The Hall–Kier alpha value is -0.870. The van der Waals surface area contributed by atoms with Crippen LogP contribution in [0.4, 0.5) is 0 Å². The van der Waals surface area contributed by atoms with E-state index in [9.17, 15) is 0 Å². The number of nitrogens with one attached hydrogen (secondary N) is 1. The van der Waals surface area contributed by atoms with E-state index in [1.54, 1.807) is 0 Å². The third-order valence-electron chi connectivity index (χ3n) is 4.25. The summed E-state index contributed by atoms with van der Waals surface area (Å²) in [5.74, 6) is 2.00. The maximum atomic E-state index is 5.66. The minimum absolute atomic E-state index is 0.519. The molecule has 2 rings (SSSR count). The number of aromatic nitrogens is 2. The van der Waals surface area contributed by atoms with Crippen LogP contribution in [-0.4, -0.2) is 34.8 Å². The van der Waals surface area contributed by atoms with Crippen molar-refractivity contribution in [1.29, 1.82) is 0 Å². The molecule has 0 saturated heterocycles. The molecule has 114 valence electrons. The topological polar surface area (TPSA) is 39.1 Å². The molecule has 1 aliphatic rings. The molecule has 0 bridgehead atoms. The van der Waals surface area contributed by atoms with E-state index in [-0.39, 0.29) is 0 Å². The first-order valence-corrected chi connectivity index (χ1v) is 8.04. The molecule has 1 aliphatic carbocycles. The number of imidazole rings is 1. The van der Waals surface area contributed by atoms with Crippen LogP contribution in [0.3, 0.4) is 0 Å². The zero-order chi connectivity index (χ0) is 14.4. The van der Waals surface area contributed by atoms with E-state index < -0.39 is 0 Å². The number of ether oxygens (including phenoxy) is 1. The molecule has 1 atom stereocenters. The number of aryl methyl sites for hydroxylation is 1. The molecule has 0 radical (unpaired) electrons. The third-order valence-corrected chi connectivity index (χ3v) is 4.25. The van der Waals surface area contributed by atoms with Crippen molar-refractivity contribution in [3.05, 3.63) is 18.2 Å². The fourth-order valence-electron chi connectivity index (χ4n) is 3.04. The van der Waals surface area contributed by atoms with Crippen molar-refractivity contribution in [1.82, 2.24) is 14.9 Å². The van der Waals surface area contributed by atoms with Crippen LogP contribution in [0.1, 0.15) is 45.4 Å².